The number of rotatable bonds is 4. The molecule has 3 heterocycles. The SMILES string of the molecule is CN(C)c1ccc(NC2CCCN(C(=O)C3CCc4cn[nH]c4C3)CC2)cn1. The van der Waals surface area contributed by atoms with Crippen LogP contribution in [0.3, 0.4) is 0 Å². The predicted octanol–water partition coefficient (Wildman–Crippen LogP) is 2.47. The number of amides is 1. The van der Waals surface area contributed by atoms with Crippen molar-refractivity contribution in [3.63, 3.8) is 0 Å². The number of anilines is 2. The Bertz CT molecular complexity index is 799. The molecule has 0 spiro atoms. The Hall–Kier alpha value is -2.57. The van der Waals surface area contributed by atoms with Gasteiger partial charge < -0.3 is 15.1 Å². The van der Waals surface area contributed by atoms with E-state index >= 15 is 0 Å². The van der Waals surface area contributed by atoms with Crippen molar-refractivity contribution in [2.45, 2.75) is 44.6 Å². The molecule has 0 aromatic carbocycles. The second kappa shape index (κ2) is 8.20. The Morgan fingerprint density at radius 2 is 2.11 bits per heavy atom. The molecule has 7 nitrogen and oxygen atoms in total. The van der Waals surface area contributed by atoms with Gasteiger partial charge in [-0.1, -0.05) is 0 Å². The lowest BCUT2D eigenvalue weighted by Crippen LogP contribution is -2.39. The topological polar surface area (TPSA) is 77.1 Å². The maximum absolute atomic E-state index is 13.1. The van der Waals surface area contributed by atoms with Crippen LogP contribution in [0, 0.1) is 5.92 Å². The van der Waals surface area contributed by atoms with Gasteiger partial charge >= 0.3 is 0 Å². The van der Waals surface area contributed by atoms with Crippen LogP contribution in [-0.2, 0) is 17.6 Å². The first-order valence-electron chi connectivity index (χ1n) is 10.3. The number of carbonyl (C=O) groups is 1. The number of aromatic nitrogens is 3. The number of nitrogens with zero attached hydrogens (tertiary/aromatic N) is 4. The van der Waals surface area contributed by atoms with Gasteiger partial charge in [0.25, 0.3) is 0 Å². The van der Waals surface area contributed by atoms with Crippen molar-refractivity contribution in [2.24, 2.45) is 5.92 Å². The molecule has 28 heavy (non-hydrogen) atoms. The molecule has 2 aromatic rings. The van der Waals surface area contributed by atoms with E-state index in [-0.39, 0.29) is 5.92 Å². The molecule has 0 radical (unpaired) electrons. The van der Waals surface area contributed by atoms with Crippen LogP contribution in [0.15, 0.2) is 24.5 Å². The second-order valence-corrected chi connectivity index (χ2v) is 8.21. The zero-order chi connectivity index (χ0) is 19.5. The molecule has 1 amide bonds. The minimum absolute atomic E-state index is 0.0974. The van der Waals surface area contributed by atoms with E-state index in [9.17, 15) is 4.79 Å². The highest BCUT2D eigenvalue weighted by atomic mass is 16.2. The number of nitrogens with one attached hydrogen (secondary N) is 2. The van der Waals surface area contributed by atoms with Crippen molar-refractivity contribution < 1.29 is 4.79 Å². The smallest absolute Gasteiger partial charge is 0.226 e. The highest BCUT2D eigenvalue weighted by Crippen LogP contribution is 2.26. The fourth-order valence-corrected chi connectivity index (χ4v) is 4.31. The van der Waals surface area contributed by atoms with Gasteiger partial charge in [0, 0.05) is 51.3 Å². The summed E-state index contributed by atoms with van der Waals surface area (Å²) in [6.07, 6.45) is 9.58. The van der Waals surface area contributed by atoms with Gasteiger partial charge in [0.2, 0.25) is 5.91 Å². The minimum atomic E-state index is 0.0974. The summed E-state index contributed by atoms with van der Waals surface area (Å²) in [5.41, 5.74) is 3.47. The van der Waals surface area contributed by atoms with E-state index in [0.717, 1.165) is 68.8 Å². The summed E-state index contributed by atoms with van der Waals surface area (Å²) >= 11 is 0. The molecule has 150 valence electrons. The molecule has 1 aliphatic heterocycles. The zero-order valence-corrected chi connectivity index (χ0v) is 16.8. The van der Waals surface area contributed by atoms with Crippen LogP contribution in [0.4, 0.5) is 11.5 Å². The minimum Gasteiger partial charge on any atom is -0.381 e. The molecule has 2 aromatic heterocycles. The number of hydrogen-bond acceptors (Lipinski definition) is 5. The van der Waals surface area contributed by atoms with Gasteiger partial charge in [-0.25, -0.2) is 4.98 Å². The van der Waals surface area contributed by atoms with E-state index < -0.39 is 0 Å². The standard InChI is InChI=1S/C21H30N6O/c1-26(2)20-8-7-18(14-22-20)24-17-4-3-10-27(11-9-17)21(28)15-5-6-16-13-23-25-19(16)12-15/h7-8,13-15,17,24H,3-6,9-12H2,1-2H3,(H,23,25). The van der Waals surface area contributed by atoms with E-state index in [1.165, 1.54) is 5.56 Å². The van der Waals surface area contributed by atoms with Gasteiger partial charge in [-0.05, 0) is 49.8 Å². The Morgan fingerprint density at radius 1 is 1.21 bits per heavy atom. The van der Waals surface area contributed by atoms with Crippen LogP contribution in [0.1, 0.15) is 36.9 Å². The van der Waals surface area contributed by atoms with Crippen LogP contribution in [0.25, 0.3) is 0 Å². The maximum atomic E-state index is 13.1. The van der Waals surface area contributed by atoms with E-state index in [1.807, 2.05) is 37.5 Å². The number of pyridine rings is 1. The van der Waals surface area contributed by atoms with Gasteiger partial charge in [-0.15, -0.1) is 0 Å². The van der Waals surface area contributed by atoms with Crippen molar-refractivity contribution in [1.82, 2.24) is 20.1 Å². The van der Waals surface area contributed by atoms with Crippen LogP contribution < -0.4 is 10.2 Å². The molecule has 2 atom stereocenters. The van der Waals surface area contributed by atoms with Crippen LogP contribution in [0.5, 0.6) is 0 Å². The lowest BCUT2D eigenvalue weighted by Gasteiger charge is -2.28. The van der Waals surface area contributed by atoms with E-state index in [0.29, 0.717) is 11.9 Å². The molecular weight excluding hydrogens is 352 g/mol. The molecule has 2 N–H and O–H groups in total. The molecule has 1 fully saturated rings. The van der Waals surface area contributed by atoms with Gasteiger partial charge in [0.15, 0.2) is 0 Å². The zero-order valence-electron chi connectivity index (χ0n) is 16.8. The average Bonchev–Trinajstić information content (AvgIpc) is 3.06. The van der Waals surface area contributed by atoms with Crippen LogP contribution in [-0.4, -0.2) is 59.2 Å². The van der Waals surface area contributed by atoms with Crippen LogP contribution in [0.2, 0.25) is 0 Å². The summed E-state index contributed by atoms with van der Waals surface area (Å²) in [6.45, 7) is 1.69. The monoisotopic (exact) mass is 382 g/mol. The van der Waals surface area contributed by atoms with Crippen molar-refractivity contribution in [2.75, 3.05) is 37.4 Å². The number of fused-ring (bicyclic) bond motifs is 1. The normalized spacial score (nSPS) is 22.3. The van der Waals surface area contributed by atoms with Gasteiger partial charge in [0.05, 0.1) is 18.1 Å². The summed E-state index contributed by atoms with van der Waals surface area (Å²) in [6, 6.07) is 4.50. The number of H-pyrrole nitrogens is 1. The first-order valence-corrected chi connectivity index (χ1v) is 10.3. The highest BCUT2D eigenvalue weighted by molar-refractivity contribution is 5.79. The first kappa shape index (κ1) is 18.8. The number of carbonyl (C=O) groups excluding carboxylic acids is 1. The largest absolute Gasteiger partial charge is 0.381 e. The quantitative estimate of drug-likeness (QED) is 0.849. The fraction of sp³-hybridized carbons (Fsp3) is 0.571. The molecule has 0 bridgehead atoms. The number of likely N-dealkylation sites (tertiary alicyclic amines) is 1. The maximum Gasteiger partial charge on any atom is 0.226 e. The van der Waals surface area contributed by atoms with Crippen molar-refractivity contribution in [1.29, 1.82) is 0 Å². The Morgan fingerprint density at radius 3 is 2.89 bits per heavy atom. The number of hydrogen-bond donors (Lipinski definition) is 2. The summed E-state index contributed by atoms with van der Waals surface area (Å²) in [4.78, 5) is 21.6. The van der Waals surface area contributed by atoms with Crippen LogP contribution >= 0.6 is 0 Å². The molecule has 2 aliphatic rings. The summed E-state index contributed by atoms with van der Waals surface area (Å²) < 4.78 is 0. The molecule has 2 unspecified atom stereocenters. The number of aryl methyl sites for hydroxylation is 1. The highest BCUT2D eigenvalue weighted by Gasteiger charge is 2.30. The fourth-order valence-electron chi connectivity index (χ4n) is 4.31. The second-order valence-electron chi connectivity index (χ2n) is 8.21. The van der Waals surface area contributed by atoms with Gasteiger partial charge in [-0.3, -0.25) is 9.89 Å². The van der Waals surface area contributed by atoms with E-state index in [1.54, 1.807) is 0 Å². The average molecular weight is 383 g/mol. The first-order chi connectivity index (χ1) is 13.6. The number of aromatic amines is 1. The Balaban J connectivity index is 1.31. The third-order valence-electron chi connectivity index (χ3n) is 5.99. The molecule has 1 aliphatic carbocycles. The molecule has 4 rings (SSSR count). The van der Waals surface area contributed by atoms with Crippen molar-refractivity contribution in [3.05, 3.63) is 35.8 Å². The Labute approximate surface area is 166 Å². The van der Waals surface area contributed by atoms with E-state index in [4.69, 9.17) is 0 Å². The van der Waals surface area contributed by atoms with Gasteiger partial charge in [-0.2, -0.15) is 5.10 Å². The third kappa shape index (κ3) is 4.13. The summed E-state index contributed by atoms with van der Waals surface area (Å²) in [5, 5.41) is 10.8. The molecule has 7 heteroatoms. The Kier molecular flexibility index (Phi) is 5.50. The molecule has 1 saturated heterocycles. The lowest BCUT2D eigenvalue weighted by atomic mass is 9.87. The van der Waals surface area contributed by atoms with E-state index in [2.05, 4.69) is 31.5 Å². The predicted molar refractivity (Wildman–Crippen MR) is 111 cm³/mol. The molecular formula is C21H30N6O. The lowest BCUT2D eigenvalue weighted by molar-refractivity contribution is -0.135. The third-order valence-corrected chi connectivity index (χ3v) is 5.99. The van der Waals surface area contributed by atoms with Gasteiger partial charge in [0.1, 0.15) is 5.82 Å². The summed E-state index contributed by atoms with van der Waals surface area (Å²) in [5.74, 6) is 1.37. The molecule has 0 saturated carbocycles. The summed E-state index contributed by atoms with van der Waals surface area (Å²) in [7, 11) is 3.98. The van der Waals surface area contributed by atoms with Crippen molar-refractivity contribution >= 4 is 17.4 Å². The van der Waals surface area contributed by atoms with Crippen molar-refractivity contribution in [3.8, 4) is 0 Å².